The van der Waals surface area contributed by atoms with Crippen molar-refractivity contribution in [3.05, 3.63) is 33.8 Å². The minimum absolute atomic E-state index is 0.0437. The Bertz CT molecular complexity index is 478. The van der Waals surface area contributed by atoms with E-state index in [9.17, 15) is 4.79 Å². The maximum atomic E-state index is 11.9. The number of amides is 1. The lowest BCUT2D eigenvalue weighted by atomic mass is 10.3. The predicted octanol–water partition coefficient (Wildman–Crippen LogP) is 2.18. The third-order valence-electron chi connectivity index (χ3n) is 2.08. The second kappa shape index (κ2) is 4.71. The van der Waals surface area contributed by atoms with Gasteiger partial charge in [0.15, 0.2) is 0 Å². The van der Waals surface area contributed by atoms with Gasteiger partial charge in [-0.3, -0.25) is 4.79 Å². The van der Waals surface area contributed by atoms with E-state index in [4.69, 9.17) is 0 Å². The summed E-state index contributed by atoms with van der Waals surface area (Å²) >= 11 is 2.76. The molecule has 6 heteroatoms. The zero-order valence-electron chi connectivity index (χ0n) is 9.01. The summed E-state index contributed by atoms with van der Waals surface area (Å²) in [6.45, 7) is 2.53. The molecule has 0 atom stereocenters. The van der Waals surface area contributed by atoms with E-state index < -0.39 is 0 Å². The van der Waals surface area contributed by atoms with Crippen LogP contribution in [0.5, 0.6) is 0 Å². The Hall–Kier alpha value is -1.27. The number of rotatable bonds is 3. The highest BCUT2D eigenvalue weighted by atomic mass is 32.1. The summed E-state index contributed by atoms with van der Waals surface area (Å²) in [6, 6.07) is 3.73. The molecule has 2 rings (SSSR count). The molecule has 0 saturated carbocycles. The van der Waals surface area contributed by atoms with Crippen LogP contribution in [0.1, 0.15) is 20.2 Å². The van der Waals surface area contributed by atoms with Crippen molar-refractivity contribution in [2.75, 3.05) is 7.05 Å². The van der Waals surface area contributed by atoms with Gasteiger partial charge >= 0.3 is 0 Å². The highest BCUT2D eigenvalue weighted by Gasteiger charge is 2.15. The number of carbonyl (C=O) groups is 1. The van der Waals surface area contributed by atoms with Gasteiger partial charge in [0.1, 0.15) is 5.69 Å². The summed E-state index contributed by atoms with van der Waals surface area (Å²) in [4.78, 5) is 15.7. The molecule has 0 N–H and O–H groups in total. The van der Waals surface area contributed by atoms with Crippen LogP contribution in [-0.2, 0) is 6.54 Å². The number of carbonyl (C=O) groups excluding carboxylic acids is 1. The van der Waals surface area contributed by atoms with E-state index in [0.717, 1.165) is 9.75 Å². The maximum absolute atomic E-state index is 11.9. The molecule has 2 heterocycles. The Morgan fingerprint density at radius 3 is 2.88 bits per heavy atom. The Kier molecular flexibility index (Phi) is 3.31. The van der Waals surface area contributed by atoms with Crippen LogP contribution in [-0.4, -0.2) is 26.6 Å². The number of hydrogen-bond donors (Lipinski definition) is 0. The van der Waals surface area contributed by atoms with Gasteiger partial charge in [-0.15, -0.1) is 0 Å². The fraction of sp³-hybridized carbons (Fsp3) is 0.300. The molecule has 0 aliphatic carbocycles. The van der Waals surface area contributed by atoms with E-state index in [1.165, 1.54) is 23.1 Å². The van der Waals surface area contributed by atoms with E-state index in [1.54, 1.807) is 18.1 Å². The third-order valence-corrected chi connectivity index (χ3v) is 3.50. The van der Waals surface area contributed by atoms with Gasteiger partial charge in [0, 0.05) is 23.0 Å². The average molecular weight is 253 g/mol. The minimum Gasteiger partial charge on any atom is -0.335 e. The highest BCUT2D eigenvalue weighted by molar-refractivity contribution is 7.06. The first-order valence-corrected chi connectivity index (χ1v) is 6.30. The summed E-state index contributed by atoms with van der Waals surface area (Å²) in [7, 11) is 1.77. The predicted molar refractivity (Wildman–Crippen MR) is 64.8 cm³/mol. The van der Waals surface area contributed by atoms with Gasteiger partial charge in [-0.2, -0.15) is 4.37 Å². The number of aromatic nitrogens is 2. The molecule has 0 unspecified atom stereocenters. The molecule has 0 radical (unpaired) electrons. The molecule has 0 fully saturated rings. The molecule has 84 valence electrons. The van der Waals surface area contributed by atoms with Crippen LogP contribution >= 0.6 is 23.1 Å². The molecule has 4 nitrogen and oxygen atoms in total. The highest BCUT2D eigenvalue weighted by Crippen LogP contribution is 2.13. The molecule has 0 aliphatic heterocycles. The van der Waals surface area contributed by atoms with E-state index >= 15 is 0 Å². The van der Waals surface area contributed by atoms with Crippen LogP contribution in [0.25, 0.3) is 0 Å². The normalized spacial score (nSPS) is 10.4. The van der Waals surface area contributed by atoms with Gasteiger partial charge in [-0.25, -0.2) is 4.37 Å². The van der Waals surface area contributed by atoms with Gasteiger partial charge in [-0.1, -0.05) is 0 Å². The third kappa shape index (κ3) is 2.45. The second-order valence-electron chi connectivity index (χ2n) is 3.46. The Labute approximate surface area is 102 Å². The van der Waals surface area contributed by atoms with Gasteiger partial charge in [0.05, 0.1) is 6.54 Å². The molecule has 1 amide bonds. The van der Waals surface area contributed by atoms with E-state index in [-0.39, 0.29) is 5.91 Å². The van der Waals surface area contributed by atoms with Gasteiger partial charge < -0.3 is 4.90 Å². The molecule has 0 aromatic carbocycles. The molecule has 0 saturated heterocycles. The lowest BCUT2D eigenvalue weighted by Crippen LogP contribution is -2.25. The van der Waals surface area contributed by atoms with Gasteiger partial charge in [0.2, 0.25) is 0 Å². The average Bonchev–Trinajstić information content (AvgIpc) is 2.88. The number of nitrogens with zero attached hydrogens (tertiary/aromatic N) is 3. The summed E-state index contributed by atoms with van der Waals surface area (Å²) in [6.07, 6.45) is 1.74. The standard InChI is InChI=1S/C10H11N3OS2/c1-7-5-9(12-15-7)10(14)13(2)6-8-3-4-11-16-8/h3-5H,6H2,1-2H3. The lowest BCUT2D eigenvalue weighted by Gasteiger charge is -2.13. The lowest BCUT2D eigenvalue weighted by molar-refractivity contribution is 0.0782. The Morgan fingerprint density at radius 2 is 2.31 bits per heavy atom. The topological polar surface area (TPSA) is 46.1 Å². The zero-order chi connectivity index (χ0) is 11.5. The quantitative estimate of drug-likeness (QED) is 0.842. The van der Waals surface area contributed by atoms with Crippen LogP contribution in [0.3, 0.4) is 0 Å². The zero-order valence-corrected chi connectivity index (χ0v) is 10.6. The van der Waals surface area contributed by atoms with Crippen molar-refractivity contribution in [1.82, 2.24) is 13.6 Å². The molecule has 0 aliphatic rings. The molecule has 2 aromatic heterocycles. The Morgan fingerprint density at radius 1 is 1.50 bits per heavy atom. The van der Waals surface area contributed by atoms with Crippen molar-refractivity contribution >= 4 is 29.0 Å². The smallest absolute Gasteiger partial charge is 0.273 e. The van der Waals surface area contributed by atoms with Crippen LogP contribution in [0.4, 0.5) is 0 Å². The van der Waals surface area contributed by atoms with Crippen molar-refractivity contribution in [2.24, 2.45) is 0 Å². The SMILES string of the molecule is Cc1cc(C(=O)N(C)Cc2ccns2)ns1. The van der Waals surface area contributed by atoms with E-state index in [0.29, 0.717) is 12.2 Å². The first-order chi connectivity index (χ1) is 7.66. The first kappa shape index (κ1) is 11.2. The van der Waals surface area contributed by atoms with Crippen LogP contribution < -0.4 is 0 Å². The van der Waals surface area contributed by atoms with Crippen molar-refractivity contribution in [2.45, 2.75) is 13.5 Å². The molecule has 0 bridgehead atoms. The monoisotopic (exact) mass is 253 g/mol. The summed E-state index contributed by atoms with van der Waals surface area (Å²) < 4.78 is 8.11. The Balaban J connectivity index is 2.05. The molecule has 0 spiro atoms. The fourth-order valence-corrected chi connectivity index (χ4v) is 2.46. The summed E-state index contributed by atoms with van der Waals surface area (Å²) in [5, 5.41) is 0. The molecular weight excluding hydrogens is 242 g/mol. The van der Waals surface area contributed by atoms with Crippen LogP contribution in [0, 0.1) is 6.92 Å². The number of hydrogen-bond acceptors (Lipinski definition) is 5. The summed E-state index contributed by atoms with van der Waals surface area (Å²) in [5.74, 6) is -0.0437. The van der Waals surface area contributed by atoms with Gasteiger partial charge in [-0.05, 0) is 42.1 Å². The van der Waals surface area contributed by atoms with Crippen molar-refractivity contribution in [3.63, 3.8) is 0 Å². The largest absolute Gasteiger partial charge is 0.335 e. The summed E-state index contributed by atoms with van der Waals surface area (Å²) in [5.41, 5.74) is 0.523. The molecular formula is C10H11N3OS2. The van der Waals surface area contributed by atoms with Crippen LogP contribution in [0.15, 0.2) is 18.3 Å². The van der Waals surface area contributed by atoms with Crippen LogP contribution in [0.2, 0.25) is 0 Å². The first-order valence-electron chi connectivity index (χ1n) is 4.75. The number of aryl methyl sites for hydroxylation is 1. The second-order valence-corrected chi connectivity index (χ2v) is 5.39. The van der Waals surface area contributed by atoms with Crippen molar-refractivity contribution < 1.29 is 4.79 Å². The van der Waals surface area contributed by atoms with E-state index in [2.05, 4.69) is 8.75 Å². The molecule has 2 aromatic rings. The van der Waals surface area contributed by atoms with Crippen molar-refractivity contribution in [1.29, 1.82) is 0 Å². The van der Waals surface area contributed by atoms with E-state index in [1.807, 2.05) is 19.1 Å². The maximum Gasteiger partial charge on any atom is 0.273 e. The van der Waals surface area contributed by atoms with Gasteiger partial charge in [0.25, 0.3) is 5.91 Å². The fourth-order valence-electron chi connectivity index (χ4n) is 1.29. The van der Waals surface area contributed by atoms with Crippen molar-refractivity contribution in [3.8, 4) is 0 Å². The minimum atomic E-state index is -0.0437. The molecule has 16 heavy (non-hydrogen) atoms.